The summed E-state index contributed by atoms with van der Waals surface area (Å²) in [5, 5.41) is 163. The molecule has 1 aromatic carbocycles. The monoisotopic (exact) mass is 1840 g/mol. The van der Waals surface area contributed by atoms with Crippen molar-refractivity contribution >= 4 is 41.8 Å². The minimum Gasteiger partial charge on any atom is -0.462 e. The van der Waals surface area contributed by atoms with Crippen molar-refractivity contribution < 1.29 is 209 Å². The molecule has 43 heteroatoms. The highest BCUT2D eigenvalue weighted by Gasteiger charge is 2.62. The normalized spacial score (nSPS) is 38.9. The number of hydrogen-bond donors (Lipinski definition) is 13. The van der Waals surface area contributed by atoms with Gasteiger partial charge >= 0.3 is 41.8 Å². The first-order valence-electron chi connectivity index (χ1n) is 42.6. The van der Waals surface area contributed by atoms with E-state index < -0.39 is 347 Å². The Labute approximate surface area is 741 Å². The number of fused-ring (bicyclic) bond motifs is 7. The molecule has 1 aromatic rings. The molecule has 15 saturated heterocycles. The third-order valence-electron chi connectivity index (χ3n) is 22.0. The van der Waals surface area contributed by atoms with Crippen LogP contribution in [0.2, 0.25) is 0 Å². The van der Waals surface area contributed by atoms with Crippen LogP contribution in [0.15, 0.2) is 30.3 Å². The topological polar surface area (TPSA) is 595 Å². The smallest absolute Gasteiger partial charge is 0.311 e. The van der Waals surface area contributed by atoms with Crippen LogP contribution >= 0.6 is 0 Å². The predicted molar refractivity (Wildman–Crippen MR) is 427 cm³/mol. The quantitative estimate of drug-likeness (QED) is 0.0443. The standard InChI is InChI=1S/C85H134O43/c1-79(2,3)72(99)107-28-36-56-43(86)49(92)66(114-36)122-58-38(30-109-74(101)81(7,8)9)116-68(51(94)45(58)88)124-60-40(32-111-76(103)83(13,14)15)118-70(53(96)47(60)90)126-62-42(34-113-78(105)85(19,20)21)120-71(63(55(62)98)128-64(106-22)35-26-24-23-25-27-35)127-61-41(33-112-77(104)84(16,17)18)119-69(54(97)48(61)91)125-59-39(31-110-75(102)82(10,11)12)117-67(52(95)46(59)89)123-57-37(29-108-73(100)80(4,5)6)115-65(121-56)50(93)44(57)87/h23-27,36-71,86-98H,28-34H2,1-22H3/t36-,37-,38-,39-,40-,41-,42-,43-,44-,45-,46-,47-,48-,49-,50-,51-,52-,53-,54-,55+,56-,57-,58-,59-,60-,61-,62-,63+,64?,65-,66-,67-,68-,69-,70-,71-/m0/s1. The van der Waals surface area contributed by atoms with Gasteiger partial charge < -0.3 is 175 Å². The van der Waals surface area contributed by atoms with Crippen LogP contribution < -0.4 is 0 Å². The van der Waals surface area contributed by atoms with Gasteiger partial charge in [0.25, 0.3) is 0 Å². The van der Waals surface area contributed by atoms with Crippen molar-refractivity contribution in [2.45, 2.75) is 367 Å². The van der Waals surface area contributed by atoms with E-state index in [1.165, 1.54) is 153 Å². The number of methoxy groups -OCH3 is 1. The Kier molecular flexibility index (Phi) is 35.2. The minimum absolute atomic E-state index is 0.274. The SMILES string of the molecule is COC(O[C@H]1[C@@H]2O[C@@H]3[C@@H](O)[C@H](O)[C@H](O[C@@H]4[C@@H](O)[C@H](O)[C@H](O[C@@H]5[C@@H](O)[C@H](O)[C@H](O[C@@H]6[C@@H](O)[C@H](O)[C@H](O[C@@H]7[C@@H](O)[C@H](O)[C@H](O[C@@H]8[C@@H](O)[C@H](O)[C@H](O[C@H]([C@H]1O)[C@H](COC(=O)C(C)(C)C)O2)O[C@H]8COC(=O)C(C)(C)C)O[C@H]7COC(=O)C(C)(C)C)O[C@H]6COC(=O)C(C)(C)C)O[C@H]5COC(=O)C(C)(C)C)O[C@H]4COC(=O)C(C)(C)C)O[C@H]3COC(=O)C(C)(C)C)c1ccccc1. The lowest BCUT2D eigenvalue weighted by molar-refractivity contribution is -0.403. The molecule has 128 heavy (non-hydrogen) atoms. The molecule has 0 spiro atoms. The molecule has 732 valence electrons. The highest BCUT2D eigenvalue weighted by Crippen LogP contribution is 2.43. The van der Waals surface area contributed by atoms with Crippen molar-refractivity contribution in [1.29, 1.82) is 0 Å². The van der Waals surface area contributed by atoms with Crippen molar-refractivity contribution in [3.05, 3.63) is 35.9 Å². The predicted octanol–water partition coefficient (Wildman–Crippen LogP) is -1.68. The van der Waals surface area contributed by atoms with E-state index in [1.54, 1.807) is 30.3 Å². The third kappa shape index (κ3) is 25.9. The van der Waals surface area contributed by atoms with Crippen molar-refractivity contribution in [3.8, 4) is 0 Å². The Bertz CT molecular complexity index is 3770. The summed E-state index contributed by atoms with van der Waals surface area (Å²) in [7, 11) is 1.21. The van der Waals surface area contributed by atoms with Crippen LogP contribution in [0.1, 0.15) is 157 Å². The van der Waals surface area contributed by atoms with Crippen LogP contribution in [0.25, 0.3) is 0 Å². The second-order valence-corrected chi connectivity index (χ2v) is 40.4. The minimum atomic E-state index is -2.41. The fraction of sp³-hybridized carbons (Fsp3) is 0.847. The molecule has 0 amide bonds. The fourth-order valence-corrected chi connectivity index (χ4v) is 14.1. The molecule has 15 aliphatic rings. The Morgan fingerprint density at radius 3 is 0.586 bits per heavy atom. The molecule has 15 heterocycles. The number of carbonyl (C=O) groups is 7. The van der Waals surface area contributed by atoms with Gasteiger partial charge in [-0.05, 0) is 145 Å². The van der Waals surface area contributed by atoms with E-state index in [2.05, 4.69) is 0 Å². The molecule has 15 aliphatic heterocycles. The molecular weight excluding hydrogens is 1710 g/mol. The second-order valence-electron chi connectivity index (χ2n) is 40.4. The lowest BCUT2D eigenvalue weighted by Crippen LogP contribution is -2.69. The molecule has 13 N–H and O–H groups in total. The van der Waals surface area contributed by atoms with Crippen LogP contribution in [-0.4, -0.2) is 376 Å². The molecule has 0 radical (unpaired) electrons. The van der Waals surface area contributed by atoms with E-state index in [0.29, 0.717) is 0 Å². The zero-order valence-corrected chi connectivity index (χ0v) is 76.2. The van der Waals surface area contributed by atoms with Gasteiger partial charge in [-0.3, -0.25) is 33.6 Å². The number of rotatable bonds is 18. The number of aliphatic hydroxyl groups excluding tert-OH is 13. The lowest BCUT2D eigenvalue weighted by Gasteiger charge is -2.51. The van der Waals surface area contributed by atoms with Gasteiger partial charge in [-0.2, -0.15) is 0 Å². The highest BCUT2D eigenvalue weighted by molar-refractivity contribution is 5.78. The first-order chi connectivity index (χ1) is 59.1. The summed E-state index contributed by atoms with van der Waals surface area (Å²) in [6, 6.07) is 7.98. The number of ether oxygens (including phenoxy) is 23. The number of benzene rings is 1. The summed E-state index contributed by atoms with van der Waals surface area (Å²) in [6.45, 7) is 24.8. The third-order valence-corrected chi connectivity index (χ3v) is 22.0. The largest absolute Gasteiger partial charge is 0.462 e. The van der Waals surface area contributed by atoms with Gasteiger partial charge in [0, 0.05) is 12.7 Å². The Morgan fingerprint density at radius 2 is 0.414 bits per heavy atom. The maximum absolute atomic E-state index is 13.9. The van der Waals surface area contributed by atoms with Crippen LogP contribution in [0.4, 0.5) is 0 Å². The van der Waals surface area contributed by atoms with Gasteiger partial charge in [0.05, 0.1) is 37.9 Å². The highest BCUT2D eigenvalue weighted by atomic mass is 16.8. The van der Waals surface area contributed by atoms with Gasteiger partial charge in [0.1, 0.15) is 217 Å². The van der Waals surface area contributed by atoms with Gasteiger partial charge in [-0.15, -0.1) is 0 Å². The summed E-state index contributed by atoms with van der Waals surface area (Å²) in [4.78, 5) is 96.3. The molecule has 43 nitrogen and oxygen atoms in total. The number of aliphatic hydroxyl groups is 13. The molecule has 15 fully saturated rings. The first-order valence-corrected chi connectivity index (χ1v) is 42.6. The van der Waals surface area contributed by atoms with E-state index in [9.17, 15) is 99.9 Å². The molecule has 36 atom stereocenters. The maximum Gasteiger partial charge on any atom is 0.311 e. The van der Waals surface area contributed by atoms with E-state index in [0.717, 1.165) is 0 Å². The summed E-state index contributed by atoms with van der Waals surface area (Å²) in [5.41, 5.74) is -8.54. The Hall–Kier alpha value is -5.65. The fourth-order valence-electron chi connectivity index (χ4n) is 14.1. The average molecular weight is 1840 g/mol. The second kappa shape index (κ2) is 42.5. The van der Waals surface area contributed by atoms with Gasteiger partial charge in [0.15, 0.2) is 50.3 Å². The molecular formula is C85H134O43. The maximum atomic E-state index is 13.9. The lowest BCUT2D eigenvalue weighted by atomic mass is 9.94. The number of hydrogen-bond acceptors (Lipinski definition) is 43. The van der Waals surface area contributed by atoms with Crippen molar-refractivity contribution in [1.82, 2.24) is 0 Å². The van der Waals surface area contributed by atoms with Crippen LogP contribution in [-0.2, 0) is 143 Å². The van der Waals surface area contributed by atoms with E-state index in [-0.39, 0.29) is 5.56 Å². The molecule has 0 saturated carbocycles. The number of esters is 7. The van der Waals surface area contributed by atoms with Crippen LogP contribution in [0, 0.1) is 37.9 Å². The molecule has 14 bridgehead atoms. The van der Waals surface area contributed by atoms with Crippen LogP contribution in [0.5, 0.6) is 0 Å². The van der Waals surface area contributed by atoms with Crippen molar-refractivity contribution in [3.63, 3.8) is 0 Å². The van der Waals surface area contributed by atoms with E-state index in [1.807, 2.05) is 0 Å². The summed E-state index contributed by atoms with van der Waals surface area (Å²) in [6.07, 6.45) is -78.1. The molecule has 0 aromatic heterocycles. The van der Waals surface area contributed by atoms with Gasteiger partial charge in [-0.25, -0.2) is 0 Å². The Morgan fingerprint density at radius 1 is 0.250 bits per heavy atom. The Balaban J connectivity index is 1.22. The van der Waals surface area contributed by atoms with Crippen LogP contribution in [0.3, 0.4) is 0 Å². The van der Waals surface area contributed by atoms with Crippen molar-refractivity contribution in [2.24, 2.45) is 37.9 Å². The summed E-state index contributed by atoms with van der Waals surface area (Å²) in [5.74, 6) is -6.24. The van der Waals surface area contributed by atoms with E-state index in [4.69, 9.17) is 109 Å². The van der Waals surface area contributed by atoms with Gasteiger partial charge in [-0.1, -0.05) is 30.3 Å². The zero-order valence-electron chi connectivity index (χ0n) is 76.2. The summed E-state index contributed by atoms with van der Waals surface area (Å²) < 4.78 is 142. The van der Waals surface area contributed by atoms with E-state index >= 15 is 0 Å². The summed E-state index contributed by atoms with van der Waals surface area (Å²) >= 11 is 0. The molecule has 1 unspecified atom stereocenters. The zero-order chi connectivity index (χ0) is 95.7. The van der Waals surface area contributed by atoms with Gasteiger partial charge in [0.2, 0.25) is 0 Å². The number of carbonyl (C=O) groups excluding carboxylic acids is 7. The van der Waals surface area contributed by atoms with Crippen molar-refractivity contribution in [2.75, 3.05) is 53.4 Å². The first kappa shape index (κ1) is 106. The molecule has 16 rings (SSSR count). The molecule has 0 aliphatic carbocycles. The average Bonchev–Trinajstić information content (AvgIpc) is 0.775.